The largest absolute Gasteiger partial charge is 0.336 e. The summed E-state index contributed by atoms with van der Waals surface area (Å²) in [4.78, 5) is 16.7. The normalized spacial score (nSPS) is 16.2. The Hall–Kier alpha value is -2.21. The molecule has 1 aliphatic rings. The number of amides is 1. The molecule has 1 amide bonds. The Morgan fingerprint density at radius 1 is 1.16 bits per heavy atom. The van der Waals surface area contributed by atoms with Gasteiger partial charge in [0.2, 0.25) is 0 Å². The van der Waals surface area contributed by atoms with Gasteiger partial charge in [0.1, 0.15) is 5.82 Å². The van der Waals surface area contributed by atoms with E-state index in [1.54, 1.807) is 12.3 Å². The molecule has 0 spiro atoms. The lowest BCUT2D eigenvalue weighted by molar-refractivity contribution is 0.0627. The molecule has 25 heavy (non-hydrogen) atoms. The minimum Gasteiger partial charge on any atom is -0.336 e. The smallest absolute Gasteiger partial charge is 0.257 e. The molecule has 0 N–H and O–H groups in total. The molecule has 0 aliphatic carbocycles. The molecule has 0 saturated carbocycles. The summed E-state index contributed by atoms with van der Waals surface area (Å²) in [5.41, 5.74) is 1.18. The van der Waals surface area contributed by atoms with Crippen molar-refractivity contribution in [3.63, 3.8) is 0 Å². The van der Waals surface area contributed by atoms with Gasteiger partial charge in [-0.3, -0.25) is 14.4 Å². The minimum absolute atomic E-state index is 0.0149. The Labute approximate surface area is 148 Å². The molecule has 134 valence electrons. The first-order chi connectivity index (χ1) is 11.8. The molecule has 0 radical (unpaired) electrons. The van der Waals surface area contributed by atoms with Gasteiger partial charge in [-0.25, -0.2) is 4.39 Å². The van der Waals surface area contributed by atoms with Crippen LogP contribution in [0, 0.1) is 5.82 Å². The lowest BCUT2D eigenvalue weighted by Crippen LogP contribution is -2.48. The molecule has 0 atom stereocenters. The zero-order valence-corrected chi connectivity index (χ0v) is 15.1. The number of benzene rings is 1. The molecule has 1 aliphatic heterocycles. The number of aromatic nitrogens is 2. The maximum atomic E-state index is 13.8. The summed E-state index contributed by atoms with van der Waals surface area (Å²) in [5, 5.41) is 4.30. The van der Waals surface area contributed by atoms with Crippen molar-refractivity contribution in [2.45, 2.75) is 32.9 Å². The van der Waals surface area contributed by atoms with Crippen LogP contribution in [-0.2, 0) is 12.1 Å². The van der Waals surface area contributed by atoms with Crippen molar-refractivity contribution >= 4 is 5.91 Å². The van der Waals surface area contributed by atoms with Gasteiger partial charge < -0.3 is 4.90 Å². The SMILES string of the molecule is CC(C)(C)n1cc(C(=O)N2CCN(Cc3ccccc3F)CC2)cn1. The van der Waals surface area contributed by atoms with Gasteiger partial charge >= 0.3 is 0 Å². The highest BCUT2D eigenvalue weighted by Gasteiger charge is 2.24. The Morgan fingerprint density at radius 2 is 1.84 bits per heavy atom. The zero-order valence-electron chi connectivity index (χ0n) is 15.1. The van der Waals surface area contributed by atoms with Gasteiger partial charge in [-0.15, -0.1) is 0 Å². The first-order valence-corrected chi connectivity index (χ1v) is 8.65. The summed E-state index contributed by atoms with van der Waals surface area (Å²) in [7, 11) is 0. The highest BCUT2D eigenvalue weighted by molar-refractivity contribution is 5.93. The molecule has 3 rings (SSSR count). The highest BCUT2D eigenvalue weighted by atomic mass is 19.1. The minimum atomic E-state index is -0.171. The molecule has 0 bridgehead atoms. The number of hydrogen-bond acceptors (Lipinski definition) is 3. The summed E-state index contributed by atoms with van der Waals surface area (Å²) in [6.07, 6.45) is 3.45. The Bertz CT molecular complexity index is 742. The predicted molar refractivity (Wildman–Crippen MR) is 94.8 cm³/mol. The van der Waals surface area contributed by atoms with Crippen LogP contribution in [0.1, 0.15) is 36.7 Å². The maximum absolute atomic E-state index is 13.8. The number of hydrogen-bond donors (Lipinski definition) is 0. The van der Waals surface area contributed by atoms with E-state index in [0.29, 0.717) is 30.8 Å². The fourth-order valence-corrected chi connectivity index (χ4v) is 2.96. The van der Waals surface area contributed by atoms with Crippen LogP contribution in [0.4, 0.5) is 4.39 Å². The van der Waals surface area contributed by atoms with E-state index in [-0.39, 0.29) is 17.3 Å². The van der Waals surface area contributed by atoms with E-state index in [4.69, 9.17) is 0 Å². The number of carbonyl (C=O) groups excluding carboxylic acids is 1. The van der Waals surface area contributed by atoms with Crippen molar-refractivity contribution in [2.75, 3.05) is 26.2 Å². The van der Waals surface area contributed by atoms with E-state index >= 15 is 0 Å². The number of piperazine rings is 1. The average Bonchev–Trinajstić information content (AvgIpc) is 3.07. The predicted octanol–water partition coefficient (Wildman–Crippen LogP) is 2.74. The van der Waals surface area contributed by atoms with Gasteiger partial charge in [0.15, 0.2) is 0 Å². The van der Waals surface area contributed by atoms with Crippen molar-refractivity contribution in [1.29, 1.82) is 0 Å². The second-order valence-corrected chi connectivity index (χ2v) is 7.50. The molecular formula is C19H25FN4O. The van der Waals surface area contributed by atoms with Gasteiger partial charge in [-0.2, -0.15) is 5.10 Å². The Kier molecular flexibility index (Phi) is 4.90. The van der Waals surface area contributed by atoms with Gasteiger partial charge in [0.05, 0.1) is 17.3 Å². The second kappa shape index (κ2) is 6.96. The molecule has 0 unspecified atom stereocenters. The third-order valence-corrected chi connectivity index (χ3v) is 4.53. The molecule has 1 aromatic heterocycles. The Balaban J connectivity index is 1.58. The van der Waals surface area contributed by atoms with Crippen LogP contribution in [0.3, 0.4) is 0 Å². The van der Waals surface area contributed by atoms with E-state index in [9.17, 15) is 9.18 Å². The summed E-state index contributed by atoms with van der Waals surface area (Å²) in [6, 6.07) is 6.86. The van der Waals surface area contributed by atoms with Crippen LogP contribution in [0.15, 0.2) is 36.7 Å². The van der Waals surface area contributed by atoms with Crippen molar-refractivity contribution in [2.24, 2.45) is 0 Å². The summed E-state index contributed by atoms with van der Waals surface area (Å²) >= 11 is 0. The van der Waals surface area contributed by atoms with Gasteiger partial charge in [-0.05, 0) is 26.8 Å². The number of halogens is 1. The maximum Gasteiger partial charge on any atom is 0.257 e. The molecule has 1 aromatic carbocycles. The molecule has 2 aromatic rings. The summed E-state index contributed by atoms with van der Waals surface area (Å²) in [6.45, 7) is 9.51. The van der Waals surface area contributed by atoms with Crippen LogP contribution in [0.2, 0.25) is 0 Å². The first-order valence-electron chi connectivity index (χ1n) is 8.65. The zero-order chi connectivity index (χ0) is 18.0. The number of nitrogens with zero attached hydrogens (tertiary/aromatic N) is 4. The van der Waals surface area contributed by atoms with Gasteiger partial charge in [0, 0.05) is 44.5 Å². The molecule has 1 saturated heterocycles. The molecule has 1 fully saturated rings. The van der Waals surface area contributed by atoms with Crippen LogP contribution in [0.25, 0.3) is 0 Å². The fraction of sp³-hybridized carbons (Fsp3) is 0.474. The highest BCUT2D eigenvalue weighted by Crippen LogP contribution is 2.16. The third kappa shape index (κ3) is 4.07. The fourth-order valence-electron chi connectivity index (χ4n) is 2.96. The van der Waals surface area contributed by atoms with E-state index in [1.807, 2.05) is 27.9 Å². The van der Waals surface area contributed by atoms with Crippen molar-refractivity contribution in [1.82, 2.24) is 19.6 Å². The van der Waals surface area contributed by atoms with E-state index in [0.717, 1.165) is 13.1 Å². The molecule has 6 heteroatoms. The number of rotatable bonds is 3. The van der Waals surface area contributed by atoms with Gasteiger partial charge in [-0.1, -0.05) is 18.2 Å². The topological polar surface area (TPSA) is 41.4 Å². The molecule has 2 heterocycles. The van der Waals surface area contributed by atoms with Gasteiger partial charge in [0.25, 0.3) is 5.91 Å². The van der Waals surface area contributed by atoms with E-state index < -0.39 is 0 Å². The van der Waals surface area contributed by atoms with E-state index in [2.05, 4.69) is 30.8 Å². The second-order valence-electron chi connectivity index (χ2n) is 7.50. The molecule has 5 nitrogen and oxygen atoms in total. The first kappa shape index (κ1) is 17.6. The van der Waals surface area contributed by atoms with E-state index in [1.165, 1.54) is 6.07 Å². The van der Waals surface area contributed by atoms with Crippen molar-refractivity contribution in [3.8, 4) is 0 Å². The van der Waals surface area contributed by atoms with Crippen molar-refractivity contribution < 1.29 is 9.18 Å². The summed E-state index contributed by atoms with van der Waals surface area (Å²) in [5.74, 6) is -0.156. The van der Waals surface area contributed by atoms with Crippen LogP contribution in [-0.4, -0.2) is 51.7 Å². The Morgan fingerprint density at radius 3 is 2.44 bits per heavy atom. The summed E-state index contributed by atoms with van der Waals surface area (Å²) < 4.78 is 15.6. The monoisotopic (exact) mass is 344 g/mol. The standard InChI is InChI=1S/C19H25FN4O/c1-19(2,3)24-14-16(12-21-24)18(25)23-10-8-22(9-11-23)13-15-6-4-5-7-17(15)20/h4-7,12,14H,8-11,13H2,1-3H3. The van der Waals surface area contributed by atoms with Crippen LogP contribution >= 0.6 is 0 Å². The van der Waals surface area contributed by atoms with Crippen molar-refractivity contribution in [3.05, 3.63) is 53.6 Å². The molecular weight excluding hydrogens is 319 g/mol. The van der Waals surface area contributed by atoms with Crippen LogP contribution < -0.4 is 0 Å². The average molecular weight is 344 g/mol. The quantitative estimate of drug-likeness (QED) is 0.860. The lowest BCUT2D eigenvalue weighted by Gasteiger charge is -2.34. The van der Waals surface area contributed by atoms with Crippen LogP contribution in [0.5, 0.6) is 0 Å². The lowest BCUT2D eigenvalue weighted by atomic mass is 10.1. The number of carbonyl (C=O) groups is 1. The third-order valence-electron chi connectivity index (χ3n) is 4.53.